The molecule has 0 amide bonds. The van der Waals surface area contributed by atoms with Crippen LogP contribution in [0.1, 0.15) is 0 Å². The number of benzene rings is 8. The van der Waals surface area contributed by atoms with Crippen LogP contribution < -0.4 is 0 Å². The first kappa shape index (κ1) is 31.1. The van der Waals surface area contributed by atoms with E-state index in [0.29, 0.717) is 5.82 Å². The van der Waals surface area contributed by atoms with Gasteiger partial charge in [0.1, 0.15) is 11.2 Å². The third-order valence-electron chi connectivity index (χ3n) is 10.7. The number of hydrogen-bond acceptors (Lipinski definition) is 4. The second kappa shape index (κ2) is 12.6. The fourth-order valence-corrected chi connectivity index (χ4v) is 8.11. The highest BCUT2D eigenvalue weighted by Crippen LogP contribution is 2.46. The van der Waals surface area contributed by atoms with Gasteiger partial charge in [-0.3, -0.25) is 0 Å². The predicted octanol–water partition coefficient (Wildman–Crippen LogP) is 13.6. The topological polar surface area (TPSA) is 51.8 Å². The zero-order chi connectivity index (χ0) is 36.3. The van der Waals surface area contributed by atoms with Gasteiger partial charge in [-0.15, -0.1) is 0 Å². The Bertz CT molecular complexity index is 3240. The minimum atomic E-state index is 0.695. The Morgan fingerprint density at radius 2 is 0.873 bits per heavy atom. The van der Waals surface area contributed by atoms with Crippen molar-refractivity contribution in [2.45, 2.75) is 0 Å². The molecule has 0 bridgehead atoms. The number of hydrogen-bond donors (Lipinski definition) is 0. The minimum absolute atomic E-state index is 0.695. The Kier molecular flexibility index (Phi) is 7.14. The number of pyridine rings is 1. The molecular weight excluding hydrogens is 671 g/mol. The van der Waals surface area contributed by atoms with Gasteiger partial charge in [-0.1, -0.05) is 158 Å². The Balaban J connectivity index is 1.11. The maximum Gasteiger partial charge on any atom is 0.160 e. The molecule has 0 N–H and O–H groups in total. The van der Waals surface area contributed by atoms with E-state index in [-0.39, 0.29) is 0 Å². The van der Waals surface area contributed by atoms with E-state index < -0.39 is 0 Å². The molecule has 4 heteroatoms. The highest BCUT2D eigenvalue weighted by Gasteiger charge is 2.22. The fraction of sp³-hybridized carbons (Fsp3) is 0. The van der Waals surface area contributed by atoms with Crippen molar-refractivity contribution in [2.75, 3.05) is 0 Å². The van der Waals surface area contributed by atoms with Crippen LogP contribution in [-0.2, 0) is 0 Å². The van der Waals surface area contributed by atoms with E-state index in [1.165, 1.54) is 5.39 Å². The highest BCUT2D eigenvalue weighted by molar-refractivity contribution is 6.27. The second-order valence-electron chi connectivity index (χ2n) is 13.9. The van der Waals surface area contributed by atoms with Crippen molar-refractivity contribution in [1.82, 2.24) is 15.0 Å². The Labute approximate surface area is 317 Å². The summed E-state index contributed by atoms with van der Waals surface area (Å²) in [6.45, 7) is 0. The van der Waals surface area contributed by atoms with E-state index in [1.54, 1.807) is 0 Å². The summed E-state index contributed by atoms with van der Waals surface area (Å²) in [6, 6.07) is 65.4. The summed E-state index contributed by atoms with van der Waals surface area (Å²) in [5, 5.41) is 6.55. The fourth-order valence-electron chi connectivity index (χ4n) is 8.11. The van der Waals surface area contributed by atoms with Gasteiger partial charge in [0.25, 0.3) is 0 Å². The van der Waals surface area contributed by atoms with E-state index in [9.17, 15) is 0 Å². The molecule has 8 aromatic carbocycles. The lowest BCUT2D eigenvalue weighted by Crippen LogP contribution is -1.96. The van der Waals surface area contributed by atoms with Crippen LogP contribution in [0.15, 0.2) is 192 Å². The standard InChI is InChI=1S/C51H31N3O/c1-3-14-32(15-4-1)36-18-13-19-37(30-36)51-53-43-24-11-8-21-39(43)49(54-51)34-26-28-35(29-27-34)50-41-31-45-48(40-22-9-12-25-44(40)55-45)46(33-16-5-2-6-17-33)47(41)38-20-7-10-23-42(38)52-50/h1-31H. The molecule has 0 saturated heterocycles. The number of fused-ring (bicyclic) bond motifs is 7. The first-order valence-corrected chi connectivity index (χ1v) is 18.5. The lowest BCUT2D eigenvalue weighted by molar-refractivity contribution is 0.669. The summed E-state index contributed by atoms with van der Waals surface area (Å²) in [7, 11) is 0. The van der Waals surface area contributed by atoms with E-state index in [0.717, 1.165) is 99.5 Å². The molecule has 0 radical (unpaired) electrons. The van der Waals surface area contributed by atoms with Gasteiger partial charge in [-0.05, 0) is 47.0 Å². The normalized spacial score (nSPS) is 11.6. The minimum Gasteiger partial charge on any atom is -0.456 e. The van der Waals surface area contributed by atoms with Crippen molar-refractivity contribution < 1.29 is 4.42 Å². The molecule has 0 spiro atoms. The Morgan fingerprint density at radius 1 is 0.309 bits per heavy atom. The van der Waals surface area contributed by atoms with Crippen molar-refractivity contribution >= 4 is 54.5 Å². The molecule has 11 aromatic rings. The van der Waals surface area contributed by atoms with Crippen LogP contribution in [-0.4, -0.2) is 15.0 Å². The molecule has 256 valence electrons. The molecule has 0 aliphatic rings. The zero-order valence-electron chi connectivity index (χ0n) is 29.6. The van der Waals surface area contributed by atoms with Gasteiger partial charge in [-0.25, -0.2) is 15.0 Å². The summed E-state index contributed by atoms with van der Waals surface area (Å²) in [5.74, 6) is 0.695. The van der Waals surface area contributed by atoms with Crippen molar-refractivity contribution in [3.63, 3.8) is 0 Å². The summed E-state index contributed by atoms with van der Waals surface area (Å²) >= 11 is 0. The van der Waals surface area contributed by atoms with Crippen LogP contribution in [0.4, 0.5) is 0 Å². The quantitative estimate of drug-likeness (QED) is 0.168. The first-order chi connectivity index (χ1) is 27.3. The summed E-state index contributed by atoms with van der Waals surface area (Å²) < 4.78 is 6.58. The van der Waals surface area contributed by atoms with E-state index in [4.69, 9.17) is 19.4 Å². The third-order valence-corrected chi connectivity index (χ3v) is 10.7. The molecule has 0 unspecified atom stereocenters. The Morgan fingerprint density at radius 3 is 1.62 bits per heavy atom. The predicted molar refractivity (Wildman–Crippen MR) is 227 cm³/mol. The molecule has 0 fully saturated rings. The Hall–Kier alpha value is -7.43. The number of nitrogens with zero attached hydrogens (tertiary/aromatic N) is 3. The van der Waals surface area contributed by atoms with Crippen LogP contribution in [0.2, 0.25) is 0 Å². The summed E-state index contributed by atoms with van der Waals surface area (Å²) in [4.78, 5) is 15.6. The smallest absolute Gasteiger partial charge is 0.160 e. The molecule has 0 aliphatic heterocycles. The van der Waals surface area contributed by atoms with E-state index in [2.05, 4.69) is 158 Å². The summed E-state index contributed by atoms with van der Waals surface area (Å²) in [5.41, 5.74) is 13.0. The van der Waals surface area contributed by atoms with Crippen molar-refractivity contribution in [1.29, 1.82) is 0 Å². The molecule has 4 nitrogen and oxygen atoms in total. The monoisotopic (exact) mass is 701 g/mol. The largest absolute Gasteiger partial charge is 0.456 e. The molecule has 0 saturated carbocycles. The SMILES string of the molecule is c1ccc(-c2cccc(-c3nc(-c4ccc(-c5nc6ccccc6c6c(-c7ccccc7)c7c(cc56)oc5ccccc57)cc4)c4ccccc4n3)c2)cc1. The number of furan rings is 1. The van der Waals surface area contributed by atoms with Crippen LogP contribution in [0.25, 0.3) is 111 Å². The summed E-state index contributed by atoms with van der Waals surface area (Å²) in [6.07, 6.45) is 0. The van der Waals surface area contributed by atoms with Gasteiger partial charge in [-0.2, -0.15) is 0 Å². The van der Waals surface area contributed by atoms with Crippen LogP contribution >= 0.6 is 0 Å². The molecule has 11 rings (SSSR count). The highest BCUT2D eigenvalue weighted by atomic mass is 16.3. The van der Waals surface area contributed by atoms with Crippen LogP contribution in [0.3, 0.4) is 0 Å². The van der Waals surface area contributed by atoms with Crippen molar-refractivity contribution in [3.05, 3.63) is 188 Å². The number of aromatic nitrogens is 3. The molecule has 55 heavy (non-hydrogen) atoms. The second-order valence-corrected chi connectivity index (χ2v) is 13.9. The lowest BCUT2D eigenvalue weighted by atomic mass is 9.89. The average Bonchev–Trinajstić information content (AvgIpc) is 3.64. The van der Waals surface area contributed by atoms with E-state index in [1.807, 2.05) is 30.3 Å². The number of para-hydroxylation sites is 3. The molecule has 3 heterocycles. The van der Waals surface area contributed by atoms with Gasteiger partial charge in [0.05, 0.1) is 22.4 Å². The maximum absolute atomic E-state index is 6.58. The first-order valence-electron chi connectivity index (χ1n) is 18.5. The zero-order valence-corrected chi connectivity index (χ0v) is 29.6. The number of rotatable bonds is 5. The molecular formula is C51H31N3O. The average molecular weight is 702 g/mol. The van der Waals surface area contributed by atoms with Crippen molar-refractivity contribution in [2.24, 2.45) is 0 Å². The van der Waals surface area contributed by atoms with Gasteiger partial charge in [0.15, 0.2) is 5.82 Å². The molecule has 0 atom stereocenters. The van der Waals surface area contributed by atoms with Crippen LogP contribution in [0.5, 0.6) is 0 Å². The van der Waals surface area contributed by atoms with Crippen LogP contribution in [0, 0.1) is 0 Å². The van der Waals surface area contributed by atoms with Crippen molar-refractivity contribution in [3.8, 4) is 56.2 Å². The third kappa shape index (κ3) is 5.19. The lowest BCUT2D eigenvalue weighted by Gasteiger charge is -2.16. The molecule has 3 aromatic heterocycles. The van der Waals surface area contributed by atoms with Gasteiger partial charge in [0, 0.05) is 54.6 Å². The van der Waals surface area contributed by atoms with Gasteiger partial charge in [0.2, 0.25) is 0 Å². The van der Waals surface area contributed by atoms with Gasteiger partial charge >= 0.3 is 0 Å². The van der Waals surface area contributed by atoms with E-state index >= 15 is 0 Å². The maximum atomic E-state index is 6.58. The molecule has 0 aliphatic carbocycles. The van der Waals surface area contributed by atoms with Gasteiger partial charge < -0.3 is 4.42 Å².